The van der Waals surface area contributed by atoms with Gasteiger partial charge in [0.2, 0.25) is 5.75 Å². The highest BCUT2D eigenvalue weighted by Crippen LogP contribution is 2.35. The second-order valence-corrected chi connectivity index (χ2v) is 4.14. The molecule has 0 bridgehead atoms. The van der Waals surface area contributed by atoms with Crippen LogP contribution < -0.4 is 4.74 Å². The van der Waals surface area contributed by atoms with Crippen LogP contribution in [0.2, 0.25) is 0 Å². The highest BCUT2D eigenvalue weighted by Gasteiger charge is 2.21. The first-order chi connectivity index (χ1) is 9.90. The van der Waals surface area contributed by atoms with Gasteiger partial charge >= 0.3 is 5.69 Å². The lowest BCUT2D eigenvalue weighted by Crippen LogP contribution is -2.01. The minimum Gasteiger partial charge on any atom is -0.446 e. The van der Waals surface area contributed by atoms with Gasteiger partial charge in [-0.05, 0) is 31.2 Å². The number of nitro groups is 1. The Hall–Kier alpha value is -2.83. The number of benzene rings is 2. The number of Topliss-reactive ketones (excluding diaryl/α,β-unsaturated/α-hetero) is 1. The van der Waals surface area contributed by atoms with Crippen LogP contribution in [0, 0.1) is 21.7 Å². The molecule has 0 fully saturated rings. The molecule has 7 heteroatoms. The second-order valence-electron chi connectivity index (χ2n) is 4.14. The first-order valence-electron chi connectivity index (χ1n) is 5.81. The van der Waals surface area contributed by atoms with E-state index < -0.39 is 33.8 Å². The van der Waals surface area contributed by atoms with E-state index in [1.54, 1.807) is 0 Å². The summed E-state index contributed by atoms with van der Waals surface area (Å²) in [6.45, 7) is 1.21. The van der Waals surface area contributed by atoms with Crippen molar-refractivity contribution in [1.29, 1.82) is 0 Å². The van der Waals surface area contributed by atoms with Crippen molar-refractivity contribution in [3.63, 3.8) is 0 Å². The molecule has 0 saturated carbocycles. The van der Waals surface area contributed by atoms with Gasteiger partial charge in [-0.15, -0.1) is 0 Å². The van der Waals surface area contributed by atoms with Crippen LogP contribution in [-0.2, 0) is 0 Å². The van der Waals surface area contributed by atoms with Gasteiger partial charge < -0.3 is 4.74 Å². The number of ether oxygens (including phenoxy) is 1. The Labute approximate surface area is 117 Å². The average Bonchev–Trinajstić information content (AvgIpc) is 2.42. The molecule has 0 heterocycles. The Bertz CT molecular complexity index is 731. The van der Waals surface area contributed by atoms with Crippen LogP contribution in [0.25, 0.3) is 0 Å². The molecule has 21 heavy (non-hydrogen) atoms. The fourth-order valence-electron chi connectivity index (χ4n) is 1.72. The van der Waals surface area contributed by atoms with Crippen molar-refractivity contribution >= 4 is 11.5 Å². The van der Waals surface area contributed by atoms with E-state index in [1.807, 2.05) is 0 Å². The van der Waals surface area contributed by atoms with Gasteiger partial charge in [0.05, 0.1) is 16.6 Å². The highest BCUT2D eigenvalue weighted by molar-refractivity contribution is 5.97. The van der Waals surface area contributed by atoms with E-state index in [1.165, 1.54) is 19.1 Å². The normalized spacial score (nSPS) is 10.2. The monoisotopic (exact) mass is 293 g/mol. The van der Waals surface area contributed by atoms with Gasteiger partial charge in [-0.3, -0.25) is 14.9 Å². The summed E-state index contributed by atoms with van der Waals surface area (Å²) in [5.74, 6) is -2.92. The molecule has 0 aliphatic carbocycles. The van der Waals surface area contributed by atoms with Crippen molar-refractivity contribution in [2.75, 3.05) is 0 Å². The molecule has 0 atom stereocenters. The molecule has 0 aromatic heterocycles. The molecule has 108 valence electrons. The van der Waals surface area contributed by atoms with Crippen LogP contribution in [0.15, 0.2) is 36.4 Å². The maximum Gasteiger partial charge on any atom is 0.314 e. The molecule has 5 nitrogen and oxygen atoms in total. The molecule has 0 saturated heterocycles. The molecule has 2 aromatic rings. The zero-order chi connectivity index (χ0) is 15.6. The summed E-state index contributed by atoms with van der Waals surface area (Å²) in [5.41, 5.74) is -0.721. The van der Waals surface area contributed by atoms with Crippen LogP contribution in [0.5, 0.6) is 11.5 Å². The molecule has 2 rings (SSSR count). The highest BCUT2D eigenvalue weighted by atomic mass is 19.1. The average molecular weight is 293 g/mol. The predicted octanol–water partition coefficient (Wildman–Crippen LogP) is 3.87. The third-order valence-corrected chi connectivity index (χ3v) is 2.68. The molecular weight excluding hydrogens is 284 g/mol. The SMILES string of the molecule is CC(=O)c1cccc(F)c1Oc1ccc(F)cc1[N+](=O)[O-]. The lowest BCUT2D eigenvalue weighted by Gasteiger charge is -2.10. The molecule has 2 aromatic carbocycles. The Morgan fingerprint density at radius 3 is 2.57 bits per heavy atom. The lowest BCUT2D eigenvalue weighted by atomic mass is 10.1. The predicted molar refractivity (Wildman–Crippen MR) is 69.5 cm³/mol. The van der Waals surface area contributed by atoms with Crippen molar-refractivity contribution in [3.05, 3.63) is 63.7 Å². The number of hydrogen-bond acceptors (Lipinski definition) is 4. The lowest BCUT2D eigenvalue weighted by molar-refractivity contribution is -0.385. The number of carbonyl (C=O) groups is 1. The summed E-state index contributed by atoms with van der Waals surface area (Å²) in [6.07, 6.45) is 0. The quantitative estimate of drug-likeness (QED) is 0.487. The Balaban J connectivity index is 2.53. The summed E-state index contributed by atoms with van der Waals surface area (Å²) in [4.78, 5) is 21.5. The number of ketones is 1. The van der Waals surface area contributed by atoms with E-state index in [0.717, 1.165) is 18.2 Å². The van der Waals surface area contributed by atoms with Gasteiger partial charge in [-0.25, -0.2) is 8.78 Å². The minimum atomic E-state index is -0.854. The smallest absolute Gasteiger partial charge is 0.314 e. The number of halogens is 2. The topological polar surface area (TPSA) is 69.4 Å². The Morgan fingerprint density at radius 2 is 1.95 bits per heavy atom. The van der Waals surface area contributed by atoms with Crippen LogP contribution in [0.1, 0.15) is 17.3 Å². The summed E-state index contributed by atoms with van der Waals surface area (Å²) in [7, 11) is 0. The summed E-state index contributed by atoms with van der Waals surface area (Å²) in [6, 6.07) is 6.30. The number of rotatable bonds is 4. The number of nitro benzene ring substituents is 1. The number of para-hydroxylation sites is 1. The van der Waals surface area contributed by atoms with Gasteiger partial charge in [0.25, 0.3) is 0 Å². The molecule has 0 spiro atoms. The summed E-state index contributed by atoms with van der Waals surface area (Å²) < 4.78 is 32.0. The van der Waals surface area contributed by atoms with Crippen molar-refractivity contribution in [1.82, 2.24) is 0 Å². The van der Waals surface area contributed by atoms with Crippen molar-refractivity contribution < 1.29 is 23.2 Å². The van der Waals surface area contributed by atoms with Crippen molar-refractivity contribution in [2.45, 2.75) is 6.92 Å². The zero-order valence-electron chi connectivity index (χ0n) is 10.8. The van der Waals surface area contributed by atoms with Crippen molar-refractivity contribution in [3.8, 4) is 11.5 Å². The van der Waals surface area contributed by atoms with E-state index in [2.05, 4.69) is 0 Å². The maximum absolute atomic E-state index is 13.8. The van der Waals surface area contributed by atoms with Crippen LogP contribution in [0.4, 0.5) is 14.5 Å². The maximum atomic E-state index is 13.8. The molecule has 0 N–H and O–H groups in total. The molecule has 0 radical (unpaired) electrons. The Morgan fingerprint density at radius 1 is 1.24 bits per heavy atom. The van der Waals surface area contributed by atoms with Gasteiger partial charge in [-0.1, -0.05) is 6.07 Å². The van der Waals surface area contributed by atoms with E-state index in [0.29, 0.717) is 6.07 Å². The van der Waals surface area contributed by atoms with E-state index >= 15 is 0 Å². The largest absolute Gasteiger partial charge is 0.446 e. The number of carbonyl (C=O) groups excluding carboxylic acids is 1. The third-order valence-electron chi connectivity index (χ3n) is 2.68. The van der Waals surface area contributed by atoms with Gasteiger partial charge in [-0.2, -0.15) is 0 Å². The van der Waals surface area contributed by atoms with Gasteiger partial charge in [0, 0.05) is 0 Å². The van der Waals surface area contributed by atoms with Gasteiger partial charge in [0.1, 0.15) is 5.82 Å². The fourth-order valence-corrected chi connectivity index (χ4v) is 1.72. The number of hydrogen-bond donors (Lipinski definition) is 0. The van der Waals surface area contributed by atoms with E-state index in [-0.39, 0.29) is 11.3 Å². The molecule has 0 amide bonds. The first-order valence-corrected chi connectivity index (χ1v) is 5.81. The van der Waals surface area contributed by atoms with E-state index in [9.17, 15) is 23.7 Å². The van der Waals surface area contributed by atoms with Crippen molar-refractivity contribution in [2.24, 2.45) is 0 Å². The standard InChI is InChI=1S/C14H9F2NO4/c1-8(18)10-3-2-4-11(16)14(10)21-13-6-5-9(15)7-12(13)17(19)20/h2-7H,1H3. The van der Waals surface area contributed by atoms with E-state index in [4.69, 9.17) is 4.74 Å². The molecular formula is C14H9F2NO4. The fraction of sp³-hybridized carbons (Fsp3) is 0.0714. The van der Waals surface area contributed by atoms with Crippen LogP contribution in [0.3, 0.4) is 0 Å². The van der Waals surface area contributed by atoms with Crippen LogP contribution in [-0.4, -0.2) is 10.7 Å². The minimum absolute atomic E-state index is 0.0615. The summed E-state index contributed by atoms with van der Waals surface area (Å²) >= 11 is 0. The first kappa shape index (κ1) is 14.6. The Kier molecular flexibility index (Phi) is 3.93. The third kappa shape index (κ3) is 3.02. The summed E-state index contributed by atoms with van der Waals surface area (Å²) in [5, 5.41) is 10.9. The molecule has 0 aliphatic heterocycles. The molecule has 0 unspecified atom stereocenters. The molecule has 0 aliphatic rings. The number of nitrogens with zero attached hydrogens (tertiary/aromatic N) is 1. The van der Waals surface area contributed by atoms with Gasteiger partial charge in [0.15, 0.2) is 17.3 Å². The zero-order valence-corrected chi connectivity index (χ0v) is 10.8. The second kappa shape index (κ2) is 5.66. The van der Waals surface area contributed by atoms with Crippen LogP contribution >= 0.6 is 0 Å².